The summed E-state index contributed by atoms with van der Waals surface area (Å²) in [6, 6.07) is 13.0. The molecule has 3 aromatic rings. The first kappa shape index (κ1) is 17.5. The fraction of sp³-hybridized carbons (Fsp3) is 0.143. The predicted octanol–water partition coefficient (Wildman–Crippen LogP) is 4.24. The van der Waals surface area contributed by atoms with Gasteiger partial charge in [0.1, 0.15) is 5.88 Å². The van der Waals surface area contributed by atoms with Crippen molar-refractivity contribution >= 4 is 34.2 Å². The fourth-order valence-corrected chi connectivity index (χ4v) is 3.71. The zero-order valence-corrected chi connectivity index (χ0v) is 15.8. The highest BCUT2D eigenvalue weighted by Gasteiger charge is 2.43. The second-order valence-electron chi connectivity index (χ2n) is 6.49. The van der Waals surface area contributed by atoms with Crippen LogP contribution in [0.2, 0.25) is 0 Å². The van der Waals surface area contributed by atoms with E-state index in [1.165, 1.54) is 4.90 Å². The average molecular weight is 408 g/mol. The molecule has 1 aromatic heterocycles. The summed E-state index contributed by atoms with van der Waals surface area (Å²) in [5, 5.41) is 0.897. The van der Waals surface area contributed by atoms with Crippen LogP contribution < -0.4 is 9.47 Å². The molecule has 0 fully saturated rings. The second-order valence-corrected chi connectivity index (χ2v) is 6.76. The minimum Gasteiger partial charge on any atom is -0.458 e. The van der Waals surface area contributed by atoms with Crippen LogP contribution in [0.5, 0.6) is 11.5 Å². The number of carbonyl (C=O) groups is 1. The summed E-state index contributed by atoms with van der Waals surface area (Å²) in [6.45, 7) is 7.85. The molecule has 1 N–H and O–H groups in total. The van der Waals surface area contributed by atoms with Crippen LogP contribution >= 0.6 is 11.6 Å². The molecule has 0 aliphatic carbocycles. The number of aromatic nitrogens is 1. The van der Waals surface area contributed by atoms with E-state index in [2.05, 4.69) is 9.83 Å². The Kier molecular flexibility index (Phi) is 4.07. The summed E-state index contributed by atoms with van der Waals surface area (Å²) in [5.41, 5.74) is 2.27. The van der Waals surface area contributed by atoms with Crippen molar-refractivity contribution in [2.24, 2.45) is 0 Å². The molecule has 1 atom stereocenters. The van der Waals surface area contributed by atoms with Crippen molar-refractivity contribution < 1.29 is 19.0 Å². The highest BCUT2D eigenvalue weighted by atomic mass is 35.5. The lowest BCUT2D eigenvalue weighted by Crippen LogP contribution is -2.31. The van der Waals surface area contributed by atoms with Crippen molar-refractivity contribution in [1.82, 2.24) is 9.88 Å². The Bertz CT molecular complexity index is 1210. The number of alkyl halides is 1. The van der Waals surface area contributed by atoms with Crippen LogP contribution in [0.1, 0.15) is 17.4 Å². The van der Waals surface area contributed by atoms with Crippen LogP contribution in [-0.4, -0.2) is 28.5 Å². The van der Waals surface area contributed by atoms with Gasteiger partial charge in [0.15, 0.2) is 17.3 Å². The third-order valence-electron chi connectivity index (χ3n) is 4.90. The first-order chi connectivity index (χ1) is 14.2. The lowest BCUT2D eigenvalue weighted by molar-refractivity contribution is -0.132. The number of rotatable bonds is 3. The predicted molar refractivity (Wildman–Crippen MR) is 106 cm³/mol. The summed E-state index contributed by atoms with van der Waals surface area (Å²) in [7, 11) is 0. The standard InChI is InChI=1S/C21H14ClN3O4/c1-23-20-19(14-10-24-15-5-3-2-4-13(14)15)29-21(25(20)18(26)9-22)12-6-7-16-17(8-12)28-11-27-16/h2-8,10,21,24H,9,11H2. The number of benzene rings is 2. The maximum absolute atomic E-state index is 12.7. The number of para-hydroxylation sites is 1. The maximum Gasteiger partial charge on any atom is 0.312 e. The molecule has 7 nitrogen and oxygen atoms in total. The van der Waals surface area contributed by atoms with E-state index in [1.807, 2.05) is 24.3 Å². The molecule has 2 aliphatic rings. The molecule has 2 aliphatic heterocycles. The molecule has 1 amide bonds. The van der Waals surface area contributed by atoms with Gasteiger partial charge in [0.2, 0.25) is 6.79 Å². The number of H-pyrrole nitrogens is 1. The first-order valence-corrected chi connectivity index (χ1v) is 9.37. The quantitative estimate of drug-likeness (QED) is 0.521. The second kappa shape index (κ2) is 6.76. The number of ether oxygens (including phenoxy) is 3. The minimum atomic E-state index is -0.830. The molecule has 0 bridgehead atoms. The van der Waals surface area contributed by atoms with Crippen LogP contribution in [-0.2, 0) is 9.53 Å². The molecule has 8 heteroatoms. The van der Waals surface area contributed by atoms with Gasteiger partial charge >= 0.3 is 5.91 Å². The third kappa shape index (κ3) is 2.69. The van der Waals surface area contributed by atoms with Gasteiger partial charge in [0, 0.05) is 28.2 Å². The number of hydrogen-bond acceptors (Lipinski definition) is 4. The van der Waals surface area contributed by atoms with Crippen molar-refractivity contribution in [3.63, 3.8) is 0 Å². The van der Waals surface area contributed by atoms with Gasteiger partial charge < -0.3 is 24.0 Å². The number of aromatic amines is 1. The number of hydrogen-bond donors (Lipinski definition) is 1. The van der Waals surface area contributed by atoms with Crippen molar-refractivity contribution in [2.45, 2.75) is 6.23 Å². The van der Waals surface area contributed by atoms with Gasteiger partial charge in [-0.3, -0.25) is 0 Å². The number of nitrogens with one attached hydrogen (secondary N) is 1. The highest BCUT2D eigenvalue weighted by molar-refractivity contribution is 6.27. The van der Waals surface area contributed by atoms with Gasteiger partial charge in [0.05, 0.1) is 0 Å². The number of nitrogens with zero attached hydrogens (tertiary/aromatic N) is 2. The van der Waals surface area contributed by atoms with Gasteiger partial charge in [-0.2, -0.15) is 0 Å². The molecule has 2 aromatic carbocycles. The van der Waals surface area contributed by atoms with Crippen molar-refractivity contribution in [2.75, 3.05) is 12.7 Å². The van der Waals surface area contributed by atoms with E-state index in [1.54, 1.807) is 24.4 Å². The third-order valence-corrected chi connectivity index (χ3v) is 5.13. The molecular formula is C21H14ClN3O4. The van der Waals surface area contributed by atoms with Gasteiger partial charge in [-0.25, -0.2) is 9.69 Å². The van der Waals surface area contributed by atoms with Gasteiger partial charge in [-0.15, -0.1) is 11.6 Å². The minimum absolute atomic E-state index is 0.100. The van der Waals surface area contributed by atoms with Crippen LogP contribution in [0.25, 0.3) is 21.5 Å². The molecule has 29 heavy (non-hydrogen) atoms. The molecule has 5 rings (SSSR count). The van der Waals surface area contributed by atoms with Crippen LogP contribution in [0, 0.1) is 6.57 Å². The Labute approximate surface area is 170 Å². The van der Waals surface area contributed by atoms with Crippen LogP contribution in [0.4, 0.5) is 0 Å². The lowest BCUT2D eigenvalue weighted by Gasteiger charge is -2.20. The van der Waals surface area contributed by atoms with Crippen LogP contribution in [0.15, 0.2) is 54.5 Å². The van der Waals surface area contributed by atoms with E-state index in [4.69, 9.17) is 32.4 Å². The molecule has 0 saturated carbocycles. The monoisotopic (exact) mass is 407 g/mol. The largest absolute Gasteiger partial charge is 0.458 e. The first-order valence-electron chi connectivity index (χ1n) is 8.83. The summed E-state index contributed by atoms with van der Waals surface area (Å²) in [5.74, 6) is 0.924. The molecule has 1 unspecified atom stereocenters. The normalized spacial score (nSPS) is 17.5. The maximum atomic E-state index is 12.7. The van der Waals surface area contributed by atoms with E-state index in [-0.39, 0.29) is 18.5 Å². The van der Waals surface area contributed by atoms with E-state index in [9.17, 15) is 4.79 Å². The summed E-state index contributed by atoms with van der Waals surface area (Å²) in [6.07, 6.45) is 0.944. The number of fused-ring (bicyclic) bond motifs is 2. The molecule has 0 spiro atoms. The van der Waals surface area contributed by atoms with Crippen molar-refractivity contribution in [3.05, 3.63) is 77.0 Å². The van der Waals surface area contributed by atoms with E-state index >= 15 is 0 Å². The highest BCUT2D eigenvalue weighted by Crippen LogP contribution is 2.45. The zero-order valence-electron chi connectivity index (χ0n) is 15.0. The Balaban J connectivity index is 1.64. The summed E-state index contributed by atoms with van der Waals surface area (Å²) in [4.78, 5) is 20.7. The molecular weight excluding hydrogens is 394 g/mol. The fourth-order valence-electron chi connectivity index (χ4n) is 3.58. The zero-order chi connectivity index (χ0) is 20.0. The van der Waals surface area contributed by atoms with E-state index in [0.717, 1.165) is 10.9 Å². The van der Waals surface area contributed by atoms with Crippen molar-refractivity contribution in [3.8, 4) is 11.5 Å². The topological polar surface area (TPSA) is 68.2 Å². The Morgan fingerprint density at radius 3 is 2.90 bits per heavy atom. The van der Waals surface area contributed by atoms with Gasteiger partial charge in [0.25, 0.3) is 12.0 Å². The molecule has 144 valence electrons. The van der Waals surface area contributed by atoms with Crippen LogP contribution in [0.3, 0.4) is 0 Å². The average Bonchev–Trinajstić information content (AvgIpc) is 3.47. The SMILES string of the molecule is [C-]#[N+]C1=C(c2c[nH]c3ccccc23)OC(c2ccc3c(c2)OCO3)N1C(=O)CCl. The number of halogens is 1. The van der Waals surface area contributed by atoms with Crippen molar-refractivity contribution in [1.29, 1.82) is 0 Å². The Hall–Kier alpha value is -3.63. The van der Waals surface area contributed by atoms with Gasteiger partial charge in [-0.1, -0.05) is 24.8 Å². The van der Waals surface area contributed by atoms with Gasteiger partial charge in [-0.05, 0) is 24.3 Å². The lowest BCUT2D eigenvalue weighted by atomic mass is 10.1. The summed E-state index contributed by atoms with van der Waals surface area (Å²) < 4.78 is 17.0. The Morgan fingerprint density at radius 1 is 1.24 bits per heavy atom. The molecule has 0 saturated heterocycles. The van der Waals surface area contributed by atoms with E-state index < -0.39 is 12.1 Å². The summed E-state index contributed by atoms with van der Waals surface area (Å²) >= 11 is 5.85. The molecule has 0 radical (unpaired) electrons. The smallest absolute Gasteiger partial charge is 0.312 e. The molecule has 3 heterocycles. The number of carbonyl (C=O) groups excluding carboxylic acids is 1. The number of amides is 1. The Morgan fingerprint density at radius 2 is 2.07 bits per heavy atom. The van der Waals surface area contributed by atoms with E-state index in [0.29, 0.717) is 28.4 Å².